The molecule has 0 aliphatic carbocycles. The van der Waals surface area contributed by atoms with Crippen LogP contribution in [0.1, 0.15) is 18.4 Å². The number of benzene rings is 2. The molecule has 1 atom stereocenters. The highest BCUT2D eigenvalue weighted by atomic mass is 35.5. The van der Waals surface area contributed by atoms with Crippen molar-refractivity contribution in [2.75, 3.05) is 19.7 Å². The SMILES string of the molecule is Cc1cc(-c2cc(=O)c3cccc(Cl)c3o2)c(OCCN2CCC[C@H]2C(=O)O)cc1Cl. The van der Waals surface area contributed by atoms with Crippen LogP contribution in [-0.4, -0.2) is 41.7 Å². The molecule has 0 spiro atoms. The van der Waals surface area contributed by atoms with Gasteiger partial charge in [-0.15, -0.1) is 0 Å². The van der Waals surface area contributed by atoms with Gasteiger partial charge in [0, 0.05) is 17.6 Å². The van der Waals surface area contributed by atoms with E-state index in [0.29, 0.717) is 51.1 Å². The molecule has 1 aromatic heterocycles. The van der Waals surface area contributed by atoms with Crippen molar-refractivity contribution < 1.29 is 19.1 Å². The highest BCUT2D eigenvalue weighted by molar-refractivity contribution is 6.34. The Hall–Kier alpha value is -2.54. The van der Waals surface area contributed by atoms with Gasteiger partial charge in [-0.05, 0) is 56.1 Å². The summed E-state index contributed by atoms with van der Waals surface area (Å²) < 4.78 is 12.0. The summed E-state index contributed by atoms with van der Waals surface area (Å²) in [7, 11) is 0. The summed E-state index contributed by atoms with van der Waals surface area (Å²) in [5, 5.41) is 10.6. The van der Waals surface area contributed by atoms with Crippen molar-refractivity contribution in [3.05, 3.63) is 62.2 Å². The van der Waals surface area contributed by atoms with Crippen molar-refractivity contribution in [3.8, 4) is 17.1 Å². The van der Waals surface area contributed by atoms with Gasteiger partial charge in [0.1, 0.15) is 24.2 Å². The number of aryl methyl sites for hydroxylation is 1. The van der Waals surface area contributed by atoms with E-state index in [4.69, 9.17) is 32.4 Å². The third kappa shape index (κ3) is 4.42. The Morgan fingerprint density at radius 1 is 1.26 bits per heavy atom. The van der Waals surface area contributed by atoms with Crippen LogP contribution in [-0.2, 0) is 4.79 Å². The zero-order valence-corrected chi connectivity index (χ0v) is 18.4. The van der Waals surface area contributed by atoms with Crippen LogP contribution < -0.4 is 10.2 Å². The van der Waals surface area contributed by atoms with Crippen LogP contribution in [0.5, 0.6) is 5.75 Å². The largest absolute Gasteiger partial charge is 0.491 e. The lowest BCUT2D eigenvalue weighted by Gasteiger charge is -2.21. The molecule has 1 saturated heterocycles. The smallest absolute Gasteiger partial charge is 0.320 e. The van der Waals surface area contributed by atoms with Gasteiger partial charge in [0.25, 0.3) is 0 Å². The zero-order valence-electron chi connectivity index (χ0n) is 16.9. The van der Waals surface area contributed by atoms with Gasteiger partial charge in [0.05, 0.1) is 16.0 Å². The Labute approximate surface area is 188 Å². The van der Waals surface area contributed by atoms with Crippen LogP contribution in [0.2, 0.25) is 10.0 Å². The molecule has 162 valence electrons. The molecule has 0 bridgehead atoms. The minimum absolute atomic E-state index is 0.210. The maximum atomic E-state index is 12.6. The van der Waals surface area contributed by atoms with Gasteiger partial charge in [-0.3, -0.25) is 14.5 Å². The first-order valence-electron chi connectivity index (χ1n) is 9.97. The predicted molar refractivity (Wildman–Crippen MR) is 120 cm³/mol. The summed E-state index contributed by atoms with van der Waals surface area (Å²) in [6.45, 7) is 3.31. The number of halogens is 2. The molecule has 31 heavy (non-hydrogen) atoms. The van der Waals surface area contributed by atoms with Gasteiger partial charge < -0.3 is 14.3 Å². The molecular formula is C23H21Cl2NO5. The second-order valence-corrected chi connectivity index (χ2v) is 8.38. The first-order chi connectivity index (χ1) is 14.8. The number of fused-ring (bicyclic) bond motifs is 1. The first kappa shape index (κ1) is 21.7. The number of rotatable bonds is 6. The number of carboxylic acid groups (broad SMARTS) is 1. The molecule has 8 heteroatoms. The average Bonchev–Trinajstić information content (AvgIpc) is 3.20. The quantitative estimate of drug-likeness (QED) is 0.555. The van der Waals surface area contributed by atoms with E-state index in [2.05, 4.69) is 0 Å². The fourth-order valence-electron chi connectivity index (χ4n) is 3.90. The van der Waals surface area contributed by atoms with Crippen LogP contribution in [0, 0.1) is 6.92 Å². The Bertz CT molecular complexity index is 1210. The van der Waals surface area contributed by atoms with E-state index in [0.717, 1.165) is 18.5 Å². The predicted octanol–water partition coefficient (Wildman–Crippen LogP) is 5.00. The summed E-state index contributed by atoms with van der Waals surface area (Å²) in [5.41, 5.74) is 1.48. The van der Waals surface area contributed by atoms with Gasteiger partial charge in [-0.1, -0.05) is 29.3 Å². The van der Waals surface area contributed by atoms with E-state index < -0.39 is 12.0 Å². The maximum Gasteiger partial charge on any atom is 0.320 e. The van der Waals surface area contributed by atoms with Crippen LogP contribution in [0.4, 0.5) is 0 Å². The molecule has 0 unspecified atom stereocenters. The van der Waals surface area contributed by atoms with Gasteiger partial charge in [0.2, 0.25) is 0 Å². The maximum absolute atomic E-state index is 12.6. The third-order valence-electron chi connectivity index (χ3n) is 5.52. The molecule has 4 rings (SSSR count). The molecule has 0 amide bonds. The van der Waals surface area contributed by atoms with Gasteiger partial charge in [0.15, 0.2) is 11.0 Å². The second kappa shape index (κ2) is 8.91. The Balaban J connectivity index is 1.65. The van der Waals surface area contributed by atoms with Crippen molar-refractivity contribution in [2.45, 2.75) is 25.8 Å². The number of carbonyl (C=O) groups is 1. The summed E-state index contributed by atoms with van der Waals surface area (Å²) in [5.74, 6) is -0.0347. The normalized spacial score (nSPS) is 16.7. The highest BCUT2D eigenvalue weighted by Crippen LogP contribution is 2.36. The molecule has 2 aromatic carbocycles. The number of carboxylic acids is 1. The van der Waals surface area contributed by atoms with Crippen molar-refractivity contribution in [1.29, 1.82) is 0 Å². The number of ether oxygens (including phenoxy) is 1. The number of likely N-dealkylation sites (tertiary alicyclic amines) is 1. The third-order valence-corrected chi connectivity index (χ3v) is 6.22. The lowest BCUT2D eigenvalue weighted by Crippen LogP contribution is -2.38. The number of aliphatic carboxylic acids is 1. The Morgan fingerprint density at radius 2 is 2.06 bits per heavy atom. The van der Waals surface area contributed by atoms with Crippen molar-refractivity contribution in [3.63, 3.8) is 0 Å². The number of para-hydroxylation sites is 1. The van der Waals surface area contributed by atoms with Crippen LogP contribution >= 0.6 is 23.2 Å². The molecule has 6 nitrogen and oxygen atoms in total. The topological polar surface area (TPSA) is 80.0 Å². The van der Waals surface area contributed by atoms with E-state index in [-0.39, 0.29) is 12.0 Å². The fourth-order valence-corrected chi connectivity index (χ4v) is 4.26. The Kier molecular flexibility index (Phi) is 6.23. The second-order valence-electron chi connectivity index (χ2n) is 7.57. The molecule has 3 aromatic rings. The van der Waals surface area contributed by atoms with Gasteiger partial charge >= 0.3 is 5.97 Å². The minimum Gasteiger partial charge on any atom is -0.491 e. The average molecular weight is 462 g/mol. The van der Waals surface area contributed by atoms with Crippen molar-refractivity contribution in [2.24, 2.45) is 0 Å². The number of hydrogen-bond donors (Lipinski definition) is 1. The summed E-state index contributed by atoms with van der Waals surface area (Å²) in [6.07, 6.45) is 1.49. The lowest BCUT2D eigenvalue weighted by molar-refractivity contribution is -0.142. The van der Waals surface area contributed by atoms with E-state index in [1.165, 1.54) is 6.07 Å². The fraction of sp³-hybridized carbons (Fsp3) is 0.304. The van der Waals surface area contributed by atoms with E-state index in [9.17, 15) is 14.7 Å². The van der Waals surface area contributed by atoms with Crippen molar-refractivity contribution >= 4 is 40.1 Å². The number of nitrogens with zero attached hydrogens (tertiary/aromatic N) is 1. The van der Waals surface area contributed by atoms with Crippen LogP contribution in [0.15, 0.2) is 45.6 Å². The molecule has 1 aliphatic heterocycles. The molecule has 0 saturated carbocycles. The molecular weight excluding hydrogens is 441 g/mol. The summed E-state index contributed by atoms with van der Waals surface area (Å²) in [4.78, 5) is 25.9. The summed E-state index contributed by atoms with van der Waals surface area (Å²) >= 11 is 12.6. The molecule has 1 aliphatic rings. The molecule has 0 radical (unpaired) electrons. The van der Waals surface area contributed by atoms with Crippen LogP contribution in [0.3, 0.4) is 0 Å². The lowest BCUT2D eigenvalue weighted by atomic mass is 10.1. The molecule has 1 N–H and O–H groups in total. The Morgan fingerprint density at radius 3 is 2.84 bits per heavy atom. The van der Waals surface area contributed by atoms with E-state index in [1.807, 2.05) is 11.8 Å². The number of hydrogen-bond acceptors (Lipinski definition) is 5. The van der Waals surface area contributed by atoms with Gasteiger partial charge in [-0.2, -0.15) is 0 Å². The van der Waals surface area contributed by atoms with Crippen molar-refractivity contribution in [1.82, 2.24) is 4.90 Å². The highest BCUT2D eigenvalue weighted by Gasteiger charge is 2.30. The monoisotopic (exact) mass is 461 g/mol. The zero-order chi connectivity index (χ0) is 22.1. The summed E-state index contributed by atoms with van der Waals surface area (Å²) in [6, 6.07) is 9.44. The van der Waals surface area contributed by atoms with E-state index in [1.54, 1.807) is 30.3 Å². The molecule has 2 heterocycles. The molecule has 1 fully saturated rings. The van der Waals surface area contributed by atoms with Crippen LogP contribution in [0.25, 0.3) is 22.3 Å². The minimum atomic E-state index is -0.814. The van der Waals surface area contributed by atoms with E-state index >= 15 is 0 Å². The van der Waals surface area contributed by atoms with Gasteiger partial charge in [-0.25, -0.2) is 0 Å². The first-order valence-corrected chi connectivity index (χ1v) is 10.7. The standard InChI is InChI=1S/C23H21Cl2NO5/c1-13-10-15(21-12-19(27)14-4-2-5-16(24)22(14)31-21)20(11-17(13)25)30-9-8-26-7-3-6-18(26)23(28)29/h2,4-5,10-12,18H,3,6-9H2,1H3,(H,28,29)/t18-/m0/s1.